The van der Waals surface area contributed by atoms with Crippen LogP contribution in [0.2, 0.25) is 0 Å². The fraction of sp³-hybridized carbons (Fsp3) is 0.235. The van der Waals surface area contributed by atoms with E-state index in [0.29, 0.717) is 6.54 Å². The molecule has 0 spiro atoms. The van der Waals surface area contributed by atoms with Gasteiger partial charge in [0.05, 0.1) is 11.7 Å². The molecule has 20 heavy (non-hydrogen) atoms. The lowest BCUT2D eigenvalue weighted by molar-refractivity contribution is 0.863. The van der Waals surface area contributed by atoms with Gasteiger partial charge < -0.3 is 10.1 Å². The van der Waals surface area contributed by atoms with Crippen LogP contribution < -0.4 is 5.73 Å². The minimum absolute atomic E-state index is 0.618. The van der Waals surface area contributed by atoms with E-state index in [1.165, 1.54) is 22.3 Å². The Hall–Kier alpha value is -2.13. The van der Waals surface area contributed by atoms with Crippen molar-refractivity contribution < 1.29 is 0 Å². The zero-order valence-electron chi connectivity index (χ0n) is 11.9. The second kappa shape index (κ2) is 5.10. The summed E-state index contributed by atoms with van der Waals surface area (Å²) in [5, 5.41) is 0. The second-order valence-electron chi connectivity index (χ2n) is 5.19. The molecule has 0 saturated carbocycles. The third-order valence-corrected chi connectivity index (χ3v) is 3.83. The maximum Gasteiger partial charge on any atom is 0.114 e. The molecule has 2 N–H and O–H groups in total. The Morgan fingerprint density at radius 1 is 1.15 bits per heavy atom. The molecule has 0 aliphatic heterocycles. The maximum absolute atomic E-state index is 5.64. The van der Waals surface area contributed by atoms with Crippen molar-refractivity contribution in [1.29, 1.82) is 0 Å². The quantitative estimate of drug-likeness (QED) is 0.790. The maximum atomic E-state index is 5.64. The van der Waals surface area contributed by atoms with E-state index in [1.54, 1.807) is 0 Å². The molecule has 3 heteroatoms. The van der Waals surface area contributed by atoms with Crippen LogP contribution in [-0.4, -0.2) is 15.9 Å². The number of imidazole rings is 1. The van der Waals surface area contributed by atoms with Gasteiger partial charge >= 0.3 is 0 Å². The first kappa shape index (κ1) is 12.9. The Morgan fingerprint density at radius 3 is 2.75 bits per heavy atom. The van der Waals surface area contributed by atoms with Gasteiger partial charge in [-0.15, -0.1) is 0 Å². The van der Waals surface area contributed by atoms with Gasteiger partial charge in [-0.2, -0.15) is 0 Å². The Kier molecular flexibility index (Phi) is 3.28. The fourth-order valence-corrected chi connectivity index (χ4v) is 2.54. The largest absolute Gasteiger partial charge is 0.330 e. The number of hydrogen-bond donors (Lipinski definition) is 1. The summed E-state index contributed by atoms with van der Waals surface area (Å²) >= 11 is 0. The third kappa shape index (κ3) is 2.10. The molecule has 0 atom stereocenters. The summed E-state index contributed by atoms with van der Waals surface area (Å²) in [6.07, 6.45) is 4.79. The molecule has 0 amide bonds. The minimum Gasteiger partial charge on any atom is -0.330 e. The number of nitrogens with zero attached hydrogens (tertiary/aromatic N) is 2. The number of benzene rings is 1. The van der Waals surface area contributed by atoms with Gasteiger partial charge in [-0.1, -0.05) is 24.3 Å². The highest BCUT2D eigenvalue weighted by molar-refractivity contribution is 5.80. The van der Waals surface area contributed by atoms with Crippen molar-refractivity contribution in [3.05, 3.63) is 59.7 Å². The highest BCUT2D eigenvalue weighted by Gasteiger charge is 2.08. The Labute approximate surface area is 119 Å². The van der Waals surface area contributed by atoms with Crippen LogP contribution in [0.4, 0.5) is 0 Å². The van der Waals surface area contributed by atoms with Crippen molar-refractivity contribution >= 4 is 5.52 Å². The SMILES string of the molecule is Cc1ccc(-c2cccn3c(CCN)ncc23)cc1C. The van der Waals surface area contributed by atoms with Crippen molar-refractivity contribution in [2.45, 2.75) is 20.3 Å². The van der Waals surface area contributed by atoms with E-state index >= 15 is 0 Å². The van der Waals surface area contributed by atoms with Gasteiger partial charge in [0, 0.05) is 18.2 Å². The van der Waals surface area contributed by atoms with Crippen LogP contribution in [-0.2, 0) is 6.42 Å². The van der Waals surface area contributed by atoms with E-state index in [9.17, 15) is 0 Å². The van der Waals surface area contributed by atoms with E-state index < -0.39 is 0 Å². The predicted molar refractivity (Wildman–Crippen MR) is 82.9 cm³/mol. The molecule has 0 aliphatic carbocycles. The third-order valence-electron chi connectivity index (χ3n) is 3.83. The summed E-state index contributed by atoms with van der Waals surface area (Å²) in [5.74, 6) is 1.02. The molecular weight excluding hydrogens is 246 g/mol. The average Bonchev–Trinajstić information content (AvgIpc) is 2.86. The number of aromatic nitrogens is 2. The van der Waals surface area contributed by atoms with Crippen LogP contribution in [0, 0.1) is 13.8 Å². The average molecular weight is 265 g/mol. The number of pyridine rings is 1. The molecular formula is C17H19N3. The van der Waals surface area contributed by atoms with Crippen molar-refractivity contribution in [2.75, 3.05) is 6.54 Å². The highest BCUT2D eigenvalue weighted by Crippen LogP contribution is 2.27. The Morgan fingerprint density at radius 2 is 2.00 bits per heavy atom. The number of fused-ring (bicyclic) bond motifs is 1. The lowest BCUT2D eigenvalue weighted by Crippen LogP contribution is -2.06. The lowest BCUT2D eigenvalue weighted by atomic mass is 10.0. The zero-order valence-corrected chi connectivity index (χ0v) is 11.9. The van der Waals surface area contributed by atoms with Crippen molar-refractivity contribution in [3.8, 4) is 11.1 Å². The van der Waals surface area contributed by atoms with Crippen molar-refractivity contribution in [2.24, 2.45) is 5.73 Å². The van der Waals surface area contributed by atoms with Crippen LogP contribution in [0.3, 0.4) is 0 Å². The standard InChI is InChI=1S/C17H19N3/c1-12-5-6-14(10-13(12)2)15-4-3-9-20-16(15)11-19-17(20)7-8-18/h3-6,9-11H,7-8,18H2,1-2H3. The summed E-state index contributed by atoms with van der Waals surface area (Å²) in [4.78, 5) is 4.49. The summed E-state index contributed by atoms with van der Waals surface area (Å²) < 4.78 is 2.14. The number of aryl methyl sites for hydroxylation is 2. The molecule has 102 valence electrons. The molecule has 2 aromatic heterocycles. The smallest absolute Gasteiger partial charge is 0.114 e. The summed E-state index contributed by atoms with van der Waals surface area (Å²) in [5.41, 5.74) is 11.9. The molecule has 0 saturated heterocycles. The predicted octanol–water partition coefficient (Wildman–Crippen LogP) is 3.12. The molecule has 0 bridgehead atoms. The van der Waals surface area contributed by atoms with E-state index in [1.807, 2.05) is 6.20 Å². The molecule has 3 aromatic rings. The molecule has 3 rings (SSSR count). The first-order valence-electron chi connectivity index (χ1n) is 6.93. The molecule has 2 heterocycles. The molecule has 0 unspecified atom stereocenters. The molecule has 0 aliphatic rings. The van der Waals surface area contributed by atoms with Crippen LogP contribution in [0.1, 0.15) is 17.0 Å². The van der Waals surface area contributed by atoms with Crippen LogP contribution in [0.15, 0.2) is 42.7 Å². The van der Waals surface area contributed by atoms with Gasteiger partial charge in [-0.3, -0.25) is 0 Å². The number of hydrogen-bond acceptors (Lipinski definition) is 2. The first-order chi connectivity index (χ1) is 9.70. The monoisotopic (exact) mass is 265 g/mol. The van der Waals surface area contributed by atoms with Crippen molar-refractivity contribution in [1.82, 2.24) is 9.38 Å². The normalized spacial score (nSPS) is 11.2. The first-order valence-corrected chi connectivity index (χ1v) is 6.93. The van der Waals surface area contributed by atoms with E-state index in [0.717, 1.165) is 17.8 Å². The van der Waals surface area contributed by atoms with E-state index in [2.05, 4.69) is 59.8 Å². The van der Waals surface area contributed by atoms with Crippen LogP contribution >= 0.6 is 0 Å². The molecule has 0 fully saturated rings. The topological polar surface area (TPSA) is 43.3 Å². The minimum atomic E-state index is 0.618. The summed E-state index contributed by atoms with van der Waals surface area (Å²) in [6, 6.07) is 10.8. The van der Waals surface area contributed by atoms with Gasteiger partial charge in [0.2, 0.25) is 0 Å². The molecule has 0 radical (unpaired) electrons. The van der Waals surface area contributed by atoms with Gasteiger partial charge in [0.1, 0.15) is 5.82 Å². The van der Waals surface area contributed by atoms with Gasteiger partial charge in [0.15, 0.2) is 0 Å². The highest BCUT2D eigenvalue weighted by atomic mass is 15.0. The fourth-order valence-electron chi connectivity index (χ4n) is 2.54. The van der Waals surface area contributed by atoms with Gasteiger partial charge in [-0.25, -0.2) is 4.98 Å². The second-order valence-corrected chi connectivity index (χ2v) is 5.19. The summed E-state index contributed by atoms with van der Waals surface area (Å²) in [6.45, 7) is 4.90. The van der Waals surface area contributed by atoms with E-state index in [4.69, 9.17) is 5.73 Å². The van der Waals surface area contributed by atoms with Gasteiger partial charge in [0.25, 0.3) is 0 Å². The Bertz CT molecular complexity index is 756. The molecule has 1 aromatic carbocycles. The number of rotatable bonds is 3. The van der Waals surface area contributed by atoms with E-state index in [-0.39, 0.29) is 0 Å². The van der Waals surface area contributed by atoms with Crippen LogP contribution in [0.25, 0.3) is 16.6 Å². The Balaban J connectivity index is 2.18. The van der Waals surface area contributed by atoms with Crippen molar-refractivity contribution in [3.63, 3.8) is 0 Å². The van der Waals surface area contributed by atoms with Gasteiger partial charge in [-0.05, 0) is 43.1 Å². The molecule has 3 nitrogen and oxygen atoms in total. The number of nitrogens with two attached hydrogens (primary N) is 1. The zero-order chi connectivity index (χ0) is 14.1. The van der Waals surface area contributed by atoms with Crippen LogP contribution in [0.5, 0.6) is 0 Å². The summed E-state index contributed by atoms with van der Waals surface area (Å²) in [7, 11) is 0. The lowest BCUT2D eigenvalue weighted by Gasteiger charge is -2.08.